The summed E-state index contributed by atoms with van der Waals surface area (Å²) in [6, 6.07) is 0.183. The molecule has 0 unspecified atom stereocenters. The lowest BCUT2D eigenvalue weighted by Crippen LogP contribution is -2.42. The highest BCUT2D eigenvalue weighted by molar-refractivity contribution is 5.68. The number of hydrogen-bond donors (Lipinski definition) is 1. The van der Waals surface area contributed by atoms with E-state index in [9.17, 15) is 31.1 Å². The van der Waals surface area contributed by atoms with Crippen LogP contribution in [0.25, 0.3) is 11.5 Å². The molecule has 198 valence electrons. The van der Waals surface area contributed by atoms with Crippen LogP contribution >= 0.6 is 0 Å². The van der Waals surface area contributed by atoms with E-state index in [0.717, 1.165) is 6.20 Å². The van der Waals surface area contributed by atoms with E-state index in [4.69, 9.17) is 4.74 Å². The molecule has 37 heavy (non-hydrogen) atoms. The maximum atomic E-state index is 14.4. The van der Waals surface area contributed by atoms with Crippen molar-refractivity contribution in [2.24, 2.45) is 0 Å². The van der Waals surface area contributed by atoms with Crippen LogP contribution in [0.15, 0.2) is 18.3 Å². The van der Waals surface area contributed by atoms with Crippen molar-refractivity contribution in [3.8, 4) is 11.5 Å². The van der Waals surface area contributed by atoms with Crippen molar-refractivity contribution in [2.75, 3.05) is 0 Å². The number of carbonyl (C=O) groups excluding carboxylic acids is 1. The standard InChI is InChI=1S/C23H22F6N6O2/c1-22(2,3)37-21(36)31-13(6-12-7-15(25)16(26)9-14(12)24)8-17-33-34-19-18-11(4-5-35(17)19)10-30-20(32-18)23(27,28)29/h7,9-10,13H,4-6,8H2,1-3H3,(H,31,36)/t13-/m1/s1. The highest BCUT2D eigenvalue weighted by Gasteiger charge is 2.36. The highest BCUT2D eigenvalue weighted by Crippen LogP contribution is 2.32. The second kappa shape index (κ2) is 9.63. The van der Waals surface area contributed by atoms with Crippen LogP contribution in [0.5, 0.6) is 0 Å². The average Bonchev–Trinajstić information content (AvgIpc) is 3.18. The fourth-order valence-electron chi connectivity index (χ4n) is 3.90. The van der Waals surface area contributed by atoms with Gasteiger partial charge in [0.2, 0.25) is 5.82 Å². The fraction of sp³-hybridized carbons (Fsp3) is 0.435. The van der Waals surface area contributed by atoms with Crippen molar-refractivity contribution >= 4 is 6.09 Å². The first kappa shape index (κ1) is 26.4. The number of carbonyl (C=O) groups is 1. The number of alkyl carbamates (subject to hydrolysis) is 1. The van der Waals surface area contributed by atoms with E-state index in [2.05, 4.69) is 25.5 Å². The number of alkyl halides is 3. The maximum Gasteiger partial charge on any atom is 0.451 e. The van der Waals surface area contributed by atoms with E-state index in [0.29, 0.717) is 24.1 Å². The van der Waals surface area contributed by atoms with Gasteiger partial charge in [-0.1, -0.05) is 0 Å². The van der Waals surface area contributed by atoms with Crippen molar-refractivity contribution in [1.29, 1.82) is 0 Å². The highest BCUT2D eigenvalue weighted by atomic mass is 19.4. The Kier molecular flexibility index (Phi) is 6.86. The average molecular weight is 528 g/mol. The molecule has 0 bridgehead atoms. The molecule has 2 aromatic heterocycles. The van der Waals surface area contributed by atoms with Gasteiger partial charge in [0, 0.05) is 36.8 Å². The summed E-state index contributed by atoms with van der Waals surface area (Å²) in [5.41, 5.74) is -0.608. The predicted molar refractivity (Wildman–Crippen MR) is 117 cm³/mol. The van der Waals surface area contributed by atoms with Crippen LogP contribution < -0.4 is 5.32 Å². The van der Waals surface area contributed by atoms with E-state index < -0.39 is 47.2 Å². The molecule has 4 rings (SSSR count). The zero-order valence-corrected chi connectivity index (χ0v) is 20.0. The van der Waals surface area contributed by atoms with Crippen molar-refractivity contribution in [3.63, 3.8) is 0 Å². The number of hydrogen-bond acceptors (Lipinski definition) is 6. The maximum absolute atomic E-state index is 14.4. The molecule has 1 aliphatic rings. The Morgan fingerprint density at radius 3 is 2.46 bits per heavy atom. The predicted octanol–water partition coefficient (Wildman–Crippen LogP) is 4.41. The molecule has 0 aliphatic carbocycles. The number of halogens is 6. The molecule has 8 nitrogen and oxygen atoms in total. The number of fused-ring (bicyclic) bond motifs is 3. The van der Waals surface area contributed by atoms with Crippen LogP contribution in [-0.2, 0) is 36.7 Å². The molecule has 3 heterocycles. The molecule has 0 radical (unpaired) electrons. The van der Waals surface area contributed by atoms with Gasteiger partial charge in [0.15, 0.2) is 17.5 Å². The van der Waals surface area contributed by atoms with Gasteiger partial charge >= 0.3 is 12.3 Å². The van der Waals surface area contributed by atoms with E-state index >= 15 is 0 Å². The quantitative estimate of drug-likeness (QED) is 0.390. The number of nitrogens with one attached hydrogen (secondary N) is 1. The number of rotatable bonds is 5. The molecule has 0 saturated heterocycles. The number of benzene rings is 1. The van der Waals surface area contributed by atoms with E-state index in [-0.39, 0.29) is 42.3 Å². The van der Waals surface area contributed by atoms with Gasteiger partial charge in [-0.05, 0) is 45.2 Å². The summed E-state index contributed by atoms with van der Waals surface area (Å²) >= 11 is 0. The molecule has 1 atom stereocenters. The molecule has 0 spiro atoms. The van der Waals surface area contributed by atoms with Crippen LogP contribution in [-0.4, -0.2) is 42.5 Å². The molecule has 1 aliphatic heterocycles. The number of ether oxygens (including phenoxy) is 1. The molecule has 0 saturated carbocycles. The Morgan fingerprint density at radius 1 is 1.08 bits per heavy atom. The van der Waals surface area contributed by atoms with Gasteiger partial charge < -0.3 is 14.6 Å². The first-order chi connectivity index (χ1) is 17.2. The smallest absolute Gasteiger partial charge is 0.444 e. The Labute approximate surface area is 207 Å². The minimum atomic E-state index is -4.75. The first-order valence-corrected chi connectivity index (χ1v) is 11.2. The SMILES string of the molecule is CC(C)(C)OC(=O)N[C@H](Cc1cc(F)c(F)cc1F)Cc1nnc2n1CCc1cnc(C(F)(F)F)nc1-2. The first-order valence-electron chi connectivity index (χ1n) is 11.2. The summed E-state index contributed by atoms with van der Waals surface area (Å²) in [5, 5.41) is 10.6. The van der Waals surface area contributed by atoms with Gasteiger partial charge in [0.25, 0.3) is 0 Å². The van der Waals surface area contributed by atoms with Crippen LogP contribution in [0.3, 0.4) is 0 Å². The number of aromatic nitrogens is 5. The molecular weight excluding hydrogens is 506 g/mol. The second-order valence-corrected chi connectivity index (χ2v) is 9.52. The van der Waals surface area contributed by atoms with E-state index in [1.54, 1.807) is 25.3 Å². The fourth-order valence-corrected chi connectivity index (χ4v) is 3.90. The molecule has 1 amide bonds. The van der Waals surface area contributed by atoms with Crippen molar-refractivity contribution in [1.82, 2.24) is 30.0 Å². The molecule has 14 heteroatoms. The monoisotopic (exact) mass is 528 g/mol. The summed E-state index contributed by atoms with van der Waals surface area (Å²) in [7, 11) is 0. The minimum Gasteiger partial charge on any atom is -0.444 e. The third kappa shape index (κ3) is 6.00. The van der Waals surface area contributed by atoms with Crippen LogP contribution in [0.2, 0.25) is 0 Å². The van der Waals surface area contributed by atoms with E-state index in [1.165, 1.54) is 0 Å². The van der Waals surface area contributed by atoms with Gasteiger partial charge in [0.1, 0.15) is 22.9 Å². The van der Waals surface area contributed by atoms with Gasteiger partial charge in [-0.3, -0.25) is 0 Å². The topological polar surface area (TPSA) is 94.8 Å². The van der Waals surface area contributed by atoms with Gasteiger partial charge in [-0.2, -0.15) is 13.2 Å². The molecule has 3 aromatic rings. The van der Waals surface area contributed by atoms with E-state index in [1.807, 2.05) is 0 Å². The third-order valence-electron chi connectivity index (χ3n) is 5.47. The molecular formula is C23H22F6N6O2. The number of nitrogens with zero attached hydrogens (tertiary/aromatic N) is 5. The van der Waals surface area contributed by atoms with Crippen LogP contribution in [0, 0.1) is 17.5 Å². The second-order valence-electron chi connectivity index (χ2n) is 9.52. The Balaban J connectivity index is 1.65. The zero-order chi connectivity index (χ0) is 27.1. The Morgan fingerprint density at radius 2 is 1.78 bits per heavy atom. The van der Waals surface area contributed by atoms with Crippen LogP contribution in [0.1, 0.15) is 43.5 Å². The lowest BCUT2D eigenvalue weighted by atomic mass is 10.0. The third-order valence-corrected chi connectivity index (χ3v) is 5.47. The van der Waals surface area contributed by atoms with Gasteiger partial charge in [-0.25, -0.2) is 27.9 Å². The van der Waals surface area contributed by atoms with Gasteiger partial charge in [0.05, 0.1) is 0 Å². The van der Waals surface area contributed by atoms with Gasteiger partial charge in [-0.15, -0.1) is 10.2 Å². The summed E-state index contributed by atoms with van der Waals surface area (Å²) < 4.78 is 87.8. The number of aryl methyl sites for hydroxylation is 1. The van der Waals surface area contributed by atoms with Crippen molar-refractivity contribution in [2.45, 2.75) is 64.4 Å². The lowest BCUT2D eigenvalue weighted by molar-refractivity contribution is -0.144. The van der Waals surface area contributed by atoms with Crippen molar-refractivity contribution in [3.05, 3.63) is 58.6 Å². The summed E-state index contributed by atoms with van der Waals surface area (Å²) in [4.78, 5) is 19.5. The zero-order valence-electron chi connectivity index (χ0n) is 20.0. The lowest BCUT2D eigenvalue weighted by Gasteiger charge is -2.24. The normalized spacial score (nSPS) is 14.1. The Hall–Kier alpha value is -3.71. The minimum absolute atomic E-state index is 0.0179. The summed E-state index contributed by atoms with van der Waals surface area (Å²) in [5.74, 6) is -4.60. The summed E-state index contributed by atoms with van der Waals surface area (Å²) in [6.07, 6.45) is -4.53. The summed E-state index contributed by atoms with van der Waals surface area (Å²) in [6.45, 7) is 5.21. The Bertz CT molecular complexity index is 1330. The number of amides is 1. The molecule has 1 N–H and O–H groups in total. The molecule has 0 fully saturated rings. The van der Waals surface area contributed by atoms with Crippen LogP contribution in [0.4, 0.5) is 31.1 Å². The van der Waals surface area contributed by atoms with Crippen molar-refractivity contribution < 1.29 is 35.9 Å². The molecule has 1 aromatic carbocycles. The largest absolute Gasteiger partial charge is 0.451 e.